The molecule has 0 aliphatic rings. The average molecular weight is 285 g/mol. The number of nitriles is 1. The molecular weight excluding hydrogens is 282 g/mol. The lowest BCUT2D eigenvalue weighted by molar-refractivity contribution is -0.276. The van der Waals surface area contributed by atoms with Crippen molar-refractivity contribution in [2.75, 3.05) is 0 Å². The maximum absolute atomic E-state index is 13.5. The highest BCUT2D eigenvalue weighted by molar-refractivity contribution is 7.89. The maximum Gasteiger partial charge on any atom is 0.573 e. The Labute approximate surface area is 97.6 Å². The smallest absolute Gasteiger partial charge is 0.399 e. The molecule has 6 nitrogen and oxygen atoms in total. The summed E-state index contributed by atoms with van der Waals surface area (Å²) < 4.78 is 74.3. The number of pyridine rings is 1. The molecule has 0 aliphatic heterocycles. The summed E-state index contributed by atoms with van der Waals surface area (Å²) in [5.41, 5.74) is -1.06. The molecule has 2 N–H and O–H groups in total. The van der Waals surface area contributed by atoms with Crippen LogP contribution in [0.2, 0.25) is 0 Å². The fraction of sp³-hybridized carbons (Fsp3) is 0.143. The van der Waals surface area contributed by atoms with Crippen molar-refractivity contribution in [1.82, 2.24) is 4.98 Å². The molecule has 0 amide bonds. The van der Waals surface area contributed by atoms with Crippen LogP contribution >= 0.6 is 0 Å². The predicted octanol–water partition coefficient (Wildman–Crippen LogP) is 0.638. The lowest BCUT2D eigenvalue weighted by atomic mass is 10.3. The van der Waals surface area contributed by atoms with E-state index in [1.807, 2.05) is 0 Å². The Balaban J connectivity index is 3.53. The van der Waals surface area contributed by atoms with Gasteiger partial charge in [0, 0.05) is 0 Å². The third kappa shape index (κ3) is 3.05. The normalized spacial score (nSPS) is 12.0. The van der Waals surface area contributed by atoms with E-state index < -0.39 is 38.5 Å². The molecule has 0 saturated carbocycles. The molecule has 1 heterocycles. The van der Waals surface area contributed by atoms with E-state index in [1.54, 1.807) is 0 Å². The monoisotopic (exact) mass is 285 g/mol. The topological polar surface area (TPSA) is 106 Å². The molecule has 0 saturated heterocycles. The van der Waals surface area contributed by atoms with Crippen molar-refractivity contribution in [3.8, 4) is 11.8 Å². The Morgan fingerprint density at radius 3 is 2.39 bits per heavy atom. The van der Waals surface area contributed by atoms with Gasteiger partial charge >= 0.3 is 6.36 Å². The Kier molecular flexibility index (Phi) is 3.45. The van der Waals surface area contributed by atoms with E-state index in [0.29, 0.717) is 6.20 Å². The summed E-state index contributed by atoms with van der Waals surface area (Å²) in [5.74, 6) is -3.57. The quantitative estimate of drug-likeness (QED) is 0.802. The summed E-state index contributed by atoms with van der Waals surface area (Å²) >= 11 is 0. The van der Waals surface area contributed by atoms with Gasteiger partial charge in [0.05, 0.1) is 6.20 Å². The van der Waals surface area contributed by atoms with Crippen LogP contribution in [0.15, 0.2) is 11.1 Å². The zero-order valence-electron chi connectivity index (χ0n) is 8.19. The number of halogens is 4. The van der Waals surface area contributed by atoms with E-state index in [4.69, 9.17) is 5.26 Å². The summed E-state index contributed by atoms with van der Waals surface area (Å²) in [6, 6.07) is 1.13. The molecule has 18 heavy (non-hydrogen) atoms. The number of rotatable bonds is 2. The number of ether oxygens (including phenoxy) is 1. The Bertz CT molecular complexity index is 620. The van der Waals surface area contributed by atoms with Crippen LogP contribution in [-0.2, 0) is 10.0 Å². The van der Waals surface area contributed by atoms with Gasteiger partial charge in [0.15, 0.2) is 11.5 Å². The van der Waals surface area contributed by atoms with E-state index in [9.17, 15) is 26.0 Å². The Morgan fingerprint density at radius 1 is 1.44 bits per heavy atom. The molecular formula is C7H3F4N3O3S. The fourth-order valence-corrected chi connectivity index (χ4v) is 1.48. The van der Waals surface area contributed by atoms with Crippen LogP contribution in [0.1, 0.15) is 5.69 Å². The van der Waals surface area contributed by atoms with Gasteiger partial charge in [-0.2, -0.15) is 5.26 Å². The molecule has 0 aromatic carbocycles. The number of sulfonamides is 1. The first-order valence-corrected chi connectivity index (χ1v) is 5.48. The predicted molar refractivity (Wildman–Crippen MR) is 47.0 cm³/mol. The highest BCUT2D eigenvalue weighted by Crippen LogP contribution is 2.30. The Hall–Kier alpha value is -1.93. The highest BCUT2D eigenvalue weighted by Gasteiger charge is 2.36. The summed E-state index contributed by atoms with van der Waals surface area (Å²) in [5, 5.41) is 13.0. The van der Waals surface area contributed by atoms with Gasteiger partial charge in [-0.3, -0.25) is 0 Å². The van der Waals surface area contributed by atoms with Crippen molar-refractivity contribution in [2.45, 2.75) is 11.3 Å². The third-order valence-corrected chi connectivity index (χ3v) is 2.47. The maximum atomic E-state index is 13.5. The van der Waals surface area contributed by atoms with Crippen LogP contribution in [0, 0.1) is 17.1 Å². The van der Waals surface area contributed by atoms with Crippen LogP contribution in [0.3, 0.4) is 0 Å². The van der Waals surface area contributed by atoms with Gasteiger partial charge in [-0.15, -0.1) is 13.2 Å². The zero-order chi connectivity index (χ0) is 14.1. The average Bonchev–Trinajstić information content (AvgIpc) is 2.17. The van der Waals surface area contributed by atoms with E-state index in [2.05, 4.69) is 14.9 Å². The number of aromatic nitrogens is 1. The van der Waals surface area contributed by atoms with E-state index in [-0.39, 0.29) is 0 Å². The van der Waals surface area contributed by atoms with Gasteiger partial charge in [0.1, 0.15) is 11.0 Å². The zero-order valence-corrected chi connectivity index (χ0v) is 9.01. The second-order valence-electron chi connectivity index (χ2n) is 2.82. The van der Waals surface area contributed by atoms with Crippen LogP contribution in [0.25, 0.3) is 0 Å². The first-order chi connectivity index (χ1) is 8.06. The molecule has 0 radical (unpaired) electrons. The molecule has 11 heteroatoms. The minimum atomic E-state index is -5.31. The number of alkyl halides is 3. The molecule has 0 bridgehead atoms. The first-order valence-electron chi connectivity index (χ1n) is 3.93. The number of hydrogen-bond acceptors (Lipinski definition) is 5. The van der Waals surface area contributed by atoms with Gasteiger partial charge < -0.3 is 4.74 Å². The van der Waals surface area contributed by atoms with Crippen molar-refractivity contribution < 1.29 is 30.7 Å². The molecule has 0 fully saturated rings. The van der Waals surface area contributed by atoms with E-state index in [0.717, 1.165) is 6.07 Å². The van der Waals surface area contributed by atoms with Crippen LogP contribution in [0.4, 0.5) is 17.6 Å². The van der Waals surface area contributed by atoms with Crippen molar-refractivity contribution in [3.63, 3.8) is 0 Å². The molecule has 1 aromatic rings. The number of nitrogens with zero attached hydrogens (tertiary/aromatic N) is 2. The fourth-order valence-electron chi connectivity index (χ4n) is 0.941. The Morgan fingerprint density at radius 2 is 2.00 bits per heavy atom. The summed E-state index contributed by atoms with van der Waals surface area (Å²) in [6.45, 7) is 0. The van der Waals surface area contributed by atoms with E-state index in [1.165, 1.54) is 0 Å². The largest absolute Gasteiger partial charge is 0.573 e. The SMILES string of the molecule is N#Cc1ncc(S(N)(=O)=O)c(F)c1OC(F)(F)F. The summed E-state index contributed by atoms with van der Waals surface area (Å²) in [4.78, 5) is 1.72. The van der Waals surface area contributed by atoms with Crippen LogP contribution in [0.5, 0.6) is 5.75 Å². The minimum absolute atomic E-state index is 0.326. The lowest BCUT2D eigenvalue weighted by Crippen LogP contribution is -2.21. The van der Waals surface area contributed by atoms with Crippen LogP contribution in [-0.4, -0.2) is 19.8 Å². The van der Waals surface area contributed by atoms with Gasteiger partial charge in [-0.25, -0.2) is 22.9 Å². The van der Waals surface area contributed by atoms with Gasteiger partial charge in [-0.1, -0.05) is 0 Å². The summed E-state index contributed by atoms with van der Waals surface area (Å²) in [7, 11) is -4.63. The standard InChI is InChI=1S/C7H3F4N3O3S/c8-5-4(18(13,15)16)2-14-3(1-12)6(5)17-7(9,10)11/h2H,(H2,13,15,16). The molecule has 0 aliphatic carbocycles. The lowest BCUT2D eigenvalue weighted by Gasteiger charge is -2.11. The highest BCUT2D eigenvalue weighted by atomic mass is 32.2. The first kappa shape index (κ1) is 14.1. The van der Waals surface area contributed by atoms with E-state index >= 15 is 0 Å². The van der Waals surface area contributed by atoms with Gasteiger partial charge in [-0.05, 0) is 0 Å². The molecule has 0 spiro atoms. The molecule has 0 unspecified atom stereocenters. The third-order valence-electron chi connectivity index (χ3n) is 1.57. The second-order valence-corrected chi connectivity index (χ2v) is 4.35. The number of primary sulfonamides is 1. The molecule has 1 aromatic heterocycles. The van der Waals surface area contributed by atoms with Crippen molar-refractivity contribution in [1.29, 1.82) is 5.26 Å². The van der Waals surface area contributed by atoms with Crippen molar-refractivity contribution in [2.24, 2.45) is 5.14 Å². The molecule has 1 rings (SSSR count). The van der Waals surface area contributed by atoms with Gasteiger partial charge in [0.25, 0.3) is 0 Å². The minimum Gasteiger partial charge on any atom is -0.399 e. The van der Waals surface area contributed by atoms with Crippen molar-refractivity contribution >= 4 is 10.0 Å². The summed E-state index contributed by atoms with van der Waals surface area (Å²) in [6.07, 6.45) is -4.99. The second kappa shape index (κ2) is 4.39. The number of hydrogen-bond donors (Lipinski definition) is 1. The van der Waals surface area contributed by atoms with Crippen LogP contribution < -0.4 is 9.88 Å². The molecule has 98 valence electrons. The molecule has 0 atom stereocenters. The number of nitrogens with two attached hydrogens (primary N) is 1. The van der Waals surface area contributed by atoms with Crippen molar-refractivity contribution in [3.05, 3.63) is 17.7 Å². The van der Waals surface area contributed by atoms with Gasteiger partial charge in [0.2, 0.25) is 15.8 Å².